The largest absolute Gasteiger partial charge is 0.297 e. The van der Waals surface area contributed by atoms with Gasteiger partial charge in [-0.3, -0.25) is 4.90 Å². The van der Waals surface area contributed by atoms with Gasteiger partial charge in [-0.1, -0.05) is 32.6 Å². The first-order chi connectivity index (χ1) is 7.90. The summed E-state index contributed by atoms with van der Waals surface area (Å²) >= 11 is 0. The minimum Gasteiger partial charge on any atom is -0.297 e. The summed E-state index contributed by atoms with van der Waals surface area (Å²) in [6, 6.07) is 1.94. The van der Waals surface area contributed by atoms with Gasteiger partial charge in [0.15, 0.2) is 0 Å². The van der Waals surface area contributed by atoms with E-state index in [-0.39, 0.29) is 0 Å². The van der Waals surface area contributed by atoms with Gasteiger partial charge >= 0.3 is 0 Å². The first kappa shape index (κ1) is 11.1. The highest BCUT2D eigenvalue weighted by molar-refractivity contribution is 4.97. The van der Waals surface area contributed by atoms with E-state index in [1.807, 2.05) is 0 Å². The highest BCUT2D eigenvalue weighted by atomic mass is 15.2. The second-order valence-electron chi connectivity index (χ2n) is 6.29. The van der Waals surface area contributed by atoms with E-state index in [4.69, 9.17) is 0 Å². The van der Waals surface area contributed by atoms with Crippen LogP contribution in [0, 0.1) is 11.8 Å². The van der Waals surface area contributed by atoms with E-state index < -0.39 is 0 Å². The molecule has 4 atom stereocenters. The fourth-order valence-corrected chi connectivity index (χ4v) is 4.90. The van der Waals surface area contributed by atoms with Gasteiger partial charge < -0.3 is 0 Å². The standard InChI is InChI=1S/C15H27N/c1-2-16-14-9-5-3-7-12(14)11-13-8-4-6-10-15(13)16/h12-15H,2-11H2,1H3/t12-,13-,14-,15+/m1/s1. The Morgan fingerprint density at radius 1 is 0.812 bits per heavy atom. The Bertz CT molecular complexity index is 216. The van der Waals surface area contributed by atoms with Crippen molar-refractivity contribution in [3.8, 4) is 0 Å². The molecule has 1 heterocycles. The van der Waals surface area contributed by atoms with Crippen LogP contribution in [-0.4, -0.2) is 23.5 Å². The van der Waals surface area contributed by atoms with Gasteiger partial charge in [-0.2, -0.15) is 0 Å². The number of nitrogens with zero attached hydrogens (tertiary/aromatic N) is 1. The summed E-state index contributed by atoms with van der Waals surface area (Å²) in [6.45, 7) is 3.70. The lowest BCUT2D eigenvalue weighted by atomic mass is 9.68. The molecular weight excluding hydrogens is 194 g/mol. The second-order valence-corrected chi connectivity index (χ2v) is 6.29. The van der Waals surface area contributed by atoms with Crippen LogP contribution in [0.5, 0.6) is 0 Å². The highest BCUT2D eigenvalue weighted by Gasteiger charge is 2.43. The fraction of sp³-hybridized carbons (Fsp3) is 1.00. The molecule has 0 spiro atoms. The molecule has 0 aromatic rings. The molecule has 16 heavy (non-hydrogen) atoms. The van der Waals surface area contributed by atoms with Gasteiger partial charge in [0.2, 0.25) is 0 Å². The van der Waals surface area contributed by atoms with Crippen LogP contribution in [0.15, 0.2) is 0 Å². The van der Waals surface area contributed by atoms with Crippen molar-refractivity contribution in [3.05, 3.63) is 0 Å². The van der Waals surface area contributed by atoms with Crippen molar-refractivity contribution in [2.24, 2.45) is 11.8 Å². The second kappa shape index (κ2) is 4.68. The summed E-state index contributed by atoms with van der Waals surface area (Å²) in [6.07, 6.45) is 13.7. The Hall–Kier alpha value is -0.0400. The molecule has 0 unspecified atom stereocenters. The van der Waals surface area contributed by atoms with Crippen LogP contribution in [0.25, 0.3) is 0 Å². The van der Waals surface area contributed by atoms with E-state index in [1.54, 1.807) is 6.42 Å². The molecule has 1 heteroatoms. The summed E-state index contributed by atoms with van der Waals surface area (Å²) < 4.78 is 0. The van der Waals surface area contributed by atoms with Crippen molar-refractivity contribution in [3.63, 3.8) is 0 Å². The zero-order chi connectivity index (χ0) is 11.0. The quantitative estimate of drug-likeness (QED) is 0.650. The summed E-state index contributed by atoms with van der Waals surface area (Å²) in [7, 11) is 0. The van der Waals surface area contributed by atoms with Crippen molar-refractivity contribution in [1.29, 1.82) is 0 Å². The van der Waals surface area contributed by atoms with Crippen molar-refractivity contribution >= 4 is 0 Å². The number of likely N-dealkylation sites (tertiary alicyclic amines) is 1. The van der Waals surface area contributed by atoms with Crippen molar-refractivity contribution in [2.75, 3.05) is 6.54 Å². The molecular formula is C15H27N. The third-order valence-corrected chi connectivity index (χ3v) is 5.56. The maximum absolute atomic E-state index is 2.91. The molecule has 3 rings (SSSR count). The SMILES string of the molecule is CCN1[C@@H]2CCCC[C@@H]2C[C@H]2CCCC[C@@H]21. The first-order valence-electron chi connectivity index (χ1n) is 7.66. The average Bonchev–Trinajstić information content (AvgIpc) is 2.36. The van der Waals surface area contributed by atoms with E-state index in [1.165, 1.54) is 57.9 Å². The molecule has 2 saturated carbocycles. The Labute approximate surface area is 101 Å². The van der Waals surface area contributed by atoms with E-state index in [2.05, 4.69) is 11.8 Å². The van der Waals surface area contributed by atoms with Gasteiger partial charge in [0.25, 0.3) is 0 Å². The van der Waals surface area contributed by atoms with Crippen LogP contribution in [-0.2, 0) is 0 Å². The molecule has 0 aromatic heterocycles. The summed E-state index contributed by atoms with van der Waals surface area (Å²) in [4.78, 5) is 2.91. The Kier molecular flexibility index (Phi) is 3.24. The number of piperidine rings is 1. The molecule has 1 saturated heterocycles. The maximum atomic E-state index is 2.91. The minimum atomic E-state index is 0.970. The minimum absolute atomic E-state index is 0.970. The molecule has 2 aliphatic carbocycles. The van der Waals surface area contributed by atoms with Crippen LogP contribution >= 0.6 is 0 Å². The van der Waals surface area contributed by atoms with E-state index in [0.29, 0.717) is 0 Å². The van der Waals surface area contributed by atoms with Gasteiger partial charge in [-0.05, 0) is 50.5 Å². The summed E-state index contributed by atoms with van der Waals surface area (Å²) in [5, 5.41) is 0. The number of rotatable bonds is 1. The lowest BCUT2D eigenvalue weighted by molar-refractivity contribution is -0.0351. The van der Waals surface area contributed by atoms with E-state index in [9.17, 15) is 0 Å². The highest BCUT2D eigenvalue weighted by Crippen LogP contribution is 2.44. The molecule has 3 fully saturated rings. The molecule has 0 aromatic carbocycles. The third kappa shape index (κ3) is 1.81. The zero-order valence-corrected chi connectivity index (χ0v) is 10.8. The van der Waals surface area contributed by atoms with Crippen molar-refractivity contribution in [1.82, 2.24) is 4.90 Å². The number of fused-ring (bicyclic) bond motifs is 2. The molecule has 92 valence electrons. The van der Waals surface area contributed by atoms with Gasteiger partial charge in [0.1, 0.15) is 0 Å². The molecule has 3 aliphatic rings. The molecule has 0 radical (unpaired) electrons. The van der Waals surface area contributed by atoms with Crippen LogP contribution < -0.4 is 0 Å². The molecule has 0 bridgehead atoms. The van der Waals surface area contributed by atoms with Crippen molar-refractivity contribution < 1.29 is 0 Å². The predicted molar refractivity (Wildman–Crippen MR) is 68.5 cm³/mol. The lowest BCUT2D eigenvalue weighted by Gasteiger charge is -2.53. The van der Waals surface area contributed by atoms with Crippen molar-refractivity contribution in [2.45, 2.75) is 76.8 Å². The average molecular weight is 221 g/mol. The Morgan fingerprint density at radius 2 is 1.31 bits per heavy atom. The normalized spacial score (nSPS) is 44.8. The smallest absolute Gasteiger partial charge is 0.0127 e. The fourth-order valence-electron chi connectivity index (χ4n) is 4.90. The monoisotopic (exact) mass is 221 g/mol. The molecule has 1 aliphatic heterocycles. The maximum Gasteiger partial charge on any atom is 0.0127 e. The third-order valence-electron chi connectivity index (χ3n) is 5.56. The number of hydrogen-bond donors (Lipinski definition) is 0. The number of hydrogen-bond acceptors (Lipinski definition) is 1. The lowest BCUT2D eigenvalue weighted by Crippen LogP contribution is -2.56. The van der Waals surface area contributed by atoms with E-state index >= 15 is 0 Å². The van der Waals surface area contributed by atoms with Gasteiger partial charge in [-0.25, -0.2) is 0 Å². The Morgan fingerprint density at radius 3 is 1.81 bits per heavy atom. The predicted octanol–water partition coefficient (Wildman–Crippen LogP) is 3.83. The van der Waals surface area contributed by atoms with Crippen LogP contribution in [0.4, 0.5) is 0 Å². The van der Waals surface area contributed by atoms with Crippen LogP contribution in [0.3, 0.4) is 0 Å². The summed E-state index contributed by atoms with van der Waals surface area (Å²) in [5.41, 5.74) is 0. The van der Waals surface area contributed by atoms with Crippen LogP contribution in [0.2, 0.25) is 0 Å². The first-order valence-corrected chi connectivity index (χ1v) is 7.66. The molecule has 0 N–H and O–H groups in total. The van der Waals surface area contributed by atoms with Gasteiger partial charge in [-0.15, -0.1) is 0 Å². The van der Waals surface area contributed by atoms with E-state index in [0.717, 1.165) is 23.9 Å². The zero-order valence-electron chi connectivity index (χ0n) is 10.8. The topological polar surface area (TPSA) is 3.24 Å². The summed E-state index contributed by atoms with van der Waals surface area (Å²) in [5.74, 6) is 2.13. The van der Waals surface area contributed by atoms with Gasteiger partial charge in [0, 0.05) is 12.1 Å². The molecule has 0 amide bonds. The van der Waals surface area contributed by atoms with Crippen LogP contribution in [0.1, 0.15) is 64.7 Å². The Balaban J connectivity index is 1.78. The van der Waals surface area contributed by atoms with Gasteiger partial charge in [0.05, 0.1) is 0 Å². The molecule has 1 nitrogen and oxygen atoms in total.